The number of rotatable bonds is 4. The number of urea groups is 1. The van der Waals surface area contributed by atoms with Crippen LogP contribution in [0.4, 0.5) is 10.5 Å². The number of para-hydroxylation sites is 2. The molecule has 2 heterocycles. The Morgan fingerprint density at radius 2 is 1.90 bits per heavy atom. The SMILES string of the molecule is CCOc1ccccc1N1C[C@H](C(=O)N2CCN(C(=O)N(C)C)CC2(C)C)CC1=O. The standard InChI is InChI=1S/C22H32N4O4/c1-6-30-18-10-8-7-9-17(18)25-14-16(13-19(25)27)20(28)26-12-11-24(15-22(26,2)3)21(29)23(4)5/h7-10,16H,6,11-15H2,1-5H3/t16-/m1/s1. The maximum Gasteiger partial charge on any atom is 0.319 e. The van der Waals surface area contributed by atoms with Crippen LogP contribution in [-0.4, -0.2) is 85.0 Å². The van der Waals surface area contributed by atoms with E-state index in [0.29, 0.717) is 44.2 Å². The highest BCUT2D eigenvalue weighted by Crippen LogP contribution is 2.34. The number of nitrogens with zero attached hydrogens (tertiary/aromatic N) is 4. The Morgan fingerprint density at radius 3 is 2.53 bits per heavy atom. The lowest BCUT2D eigenvalue weighted by Crippen LogP contribution is -2.64. The predicted molar refractivity (Wildman–Crippen MR) is 115 cm³/mol. The van der Waals surface area contributed by atoms with Crippen LogP contribution in [0.25, 0.3) is 0 Å². The number of carbonyl (C=O) groups is 3. The summed E-state index contributed by atoms with van der Waals surface area (Å²) in [5, 5.41) is 0. The van der Waals surface area contributed by atoms with Gasteiger partial charge in [0.15, 0.2) is 0 Å². The zero-order valence-corrected chi connectivity index (χ0v) is 18.6. The van der Waals surface area contributed by atoms with Crippen molar-refractivity contribution < 1.29 is 19.1 Å². The van der Waals surface area contributed by atoms with Gasteiger partial charge in [0.1, 0.15) is 5.75 Å². The number of amides is 4. The fourth-order valence-corrected chi connectivity index (χ4v) is 4.29. The number of hydrogen-bond acceptors (Lipinski definition) is 4. The Hall–Kier alpha value is -2.77. The second-order valence-corrected chi connectivity index (χ2v) is 8.71. The van der Waals surface area contributed by atoms with Crippen molar-refractivity contribution in [2.45, 2.75) is 32.7 Å². The monoisotopic (exact) mass is 416 g/mol. The lowest BCUT2D eigenvalue weighted by molar-refractivity contribution is -0.144. The highest BCUT2D eigenvalue weighted by Gasteiger charge is 2.44. The van der Waals surface area contributed by atoms with E-state index in [1.807, 2.05) is 49.9 Å². The average molecular weight is 417 g/mol. The van der Waals surface area contributed by atoms with E-state index in [9.17, 15) is 14.4 Å². The molecular weight excluding hydrogens is 384 g/mol. The van der Waals surface area contributed by atoms with Gasteiger partial charge in [-0.2, -0.15) is 0 Å². The third-order valence-electron chi connectivity index (χ3n) is 5.75. The van der Waals surface area contributed by atoms with E-state index in [1.165, 1.54) is 0 Å². The lowest BCUT2D eigenvalue weighted by atomic mass is 9.95. The zero-order valence-electron chi connectivity index (χ0n) is 18.6. The van der Waals surface area contributed by atoms with Crippen LogP contribution in [0.15, 0.2) is 24.3 Å². The van der Waals surface area contributed by atoms with Gasteiger partial charge in [-0.05, 0) is 32.9 Å². The quantitative estimate of drug-likeness (QED) is 0.753. The van der Waals surface area contributed by atoms with Crippen LogP contribution in [0, 0.1) is 5.92 Å². The molecule has 0 aliphatic carbocycles. The van der Waals surface area contributed by atoms with Gasteiger partial charge in [0.25, 0.3) is 0 Å². The minimum Gasteiger partial charge on any atom is -0.492 e. The summed E-state index contributed by atoms with van der Waals surface area (Å²) in [4.78, 5) is 45.3. The smallest absolute Gasteiger partial charge is 0.319 e. The lowest BCUT2D eigenvalue weighted by Gasteiger charge is -2.48. The summed E-state index contributed by atoms with van der Waals surface area (Å²) in [5.74, 6) is 0.154. The maximum atomic E-state index is 13.4. The van der Waals surface area contributed by atoms with Crippen molar-refractivity contribution in [1.82, 2.24) is 14.7 Å². The van der Waals surface area contributed by atoms with Gasteiger partial charge in [0.2, 0.25) is 11.8 Å². The van der Waals surface area contributed by atoms with Crippen molar-refractivity contribution in [3.8, 4) is 5.75 Å². The number of ether oxygens (including phenoxy) is 1. The molecule has 0 bridgehead atoms. The highest BCUT2D eigenvalue weighted by molar-refractivity contribution is 6.01. The molecule has 8 heteroatoms. The first-order chi connectivity index (χ1) is 14.2. The summed E-state index contributed by atoms with van der Waals surface area (Å²) in [7, 11) is 3.46. The first-order valence-corrected chi connectivity index (χ1v) is 10.5. The molecule has 8 nitrogen and oxygen atoms in total. The van der Waals surface area contributed by atoms with E-state index < -0.39 is 11.5 Å². The summed E-state index contributed by atoms with van der Waals surface area (Å²) in [5.41, 5.74) is 0.209. The van der Waals surface area contributed by atoms with E-state index in [1.54, 1.807) is 28.8 Å². The van der Waals surface area contributed by atoms with Gasteiger partial charge in [-0.1, -0.05) is 12.1 Å². The molecule has 0 N–H and O–H groups in total. The average Bonchev–Trinajstić information content (AvgIpc) is 3.08. The molecule has 1 aromatic carbocycles. The molecule has 1 aromatic rings. The predicted octanol–water partition coefficient (Wildman–Crippen LogP) is 2.04. The second-order valence-electron chi connectivity index (χ2n) is 8.71. The second kappa shape index (κ2) is 8.53. The van der Waals surface area contributed by atoms with Crippen LogP contribution < -0.4 is 9.64 Å². The maximum absolute atomic E-state index is 13.4. The minimum absolute atomic E-state index is 0.0262. The summed E-state index contributed by atoms with van der Waals surface area (Å²) < 4.78 is 5.67. The van der Waals surface area contributed by atoms with Gasteiger partial charge in [-0.3, -0.25) is 9.59 Å². The Kier molecular flexibility index (Phi) is 6.24. The largest absolute Gasteiger partial charge is 0.492 e. The Balaban J connectivity index is 1.73. The van der Waals surface area contributed by atoms with Gasteiger partial charge in [0.05, 0.1) is 23.8 Å². The van der Waals surface area contributed by atoms with Crippen LogP contribution >= 0.6 is 0 Å². The molecule has 0 aromatic heterocycles. The van der Waals surface area contributed by atoms with Crippen molar-refractivity contribution >= 4 is 23.5 Å². The van der Waals surface area contributed by atoms with Crippen LogP contribution in [0.2, 0.25) is 0 Å². The zero-order chi connectivity index (χ0) is 22.1. The van der Waals surface area contributed by atoms with Crippen molar-refractivity contribution in [2.24, 2.45) is 5.92 Å². The van der Waals surface area contributed by atoms with Gasteiger partial charge in [0, 0.05) is 46.7 Å². The number of piperazine rings is 1. The van der Waals surface area contributed by atoms with Crippen LogP contribution in [0.1, 0.15) is 27.2 Å². The normalized spacial score (nSPS) is 21.0. The molecular formula is C22H32N4O4. The Labute approximate surface area is 178 Å². The molecule has 2 aliphatic rings. The number of carbonyl (C=O) groups excluding carboxylic acids is 3. The molecule has 2 fully saturated rings. The fraction of sp³-hybridized carbons (Fsp3) is 0.591. The van der Waals surface area contributed by atoms with Crippen LogP contribution in [0.3, 0.4) is 0 Å². The van der Waals surface area contributed by atoms with Gasteiger partial charge in [-0.15, -0.1) is 0 Å². The van der Waals surface area contributed by atoms with E-state index in [2.05, 4.69) is 0 Å². The molecule has 1 atom stereocenters. The van der Waals surface area contributed by atoms with E-state index in [-0.39, 0.29) is 24.3 Å². The highest BCUT2D eigenvalue weighted by atomic mass is 16.5. The van der Waals surface area contributed by atoms with Crippen molar-refractivity contribution in [1.29, 1.82) is 0 Å². The van der Waals surface area contributed by atoms with E-state index >= 15 is 0 Å². The Morgan fingerprint density at radius 1 is 1.20 bits per heavy atom. The molecule has 0 saturated carbocycles. The van der Waals surface area contributed by atoms with Gasteiger partial charge in [-0.25, -0.2) is 4.79 Å². The van der Waals surface area contributed by atoms with E-state index in [4.69, 9.17) is 4.74 Å². The van der Waals surface area contributed by atoms with Crippen LogP contribution in [-0.2, 0) is 9.59 Å². The molecule has 2 saturated heterocycles. The topological polar surface area (TPSA) is 73.4 Å². The molecule has 3 rings (SSSR count). The molecule has 0 radical (unpaired) electrons. The molecule has 0 unspecified atom stereocenters. The Bertz CT molecular complexity index is 823. The summed E-state index contributed by atoms with van der Waals surface area (Å²) in [6.45, 7) is 8.11. The first kappa shape index (κ1) is 21.9. The van der Waals surface area contributed by atoms with Gasteiger partial charge < -0.3 is 24.3 Å². The summed E-state index contributed by atoms with van der Waals surface area (Å²) >= 11 is 0. The van der Waals surface area contributed by atoms with Crippen LogP contribution in [0.5, 0.6) is 5.75 Å². The number of hydrogen-bond donors (Lipinski definition) is 0. The van der Waals surface area contributed by atoms with Crippen molar-refractivity contribution in [2.75, 3.05) is 51.8 Å². The molecule has 0 spiro atoms. The molecule has 4 amide bonds. The third kappa shape index (κ3) is 4.22. The molecule has 164 valence electrons. The fourth-order valence-electron chi connectivity index (χ4n) is 4.29. The summed E-state index contributed by atoms with van der Waals surface area (Å²) in [6.07, 6.45) is 0.187. The van der Waals surface area contributed by atoms with Crippen molar-refractivity contribution in [3.05, 3.63) is 24.3 Å². The van der Waals surface area contributed by atoms with Crippen molar-refractivity contribution in [3.63, 3.8) is 0 Å². The number of benzene rings is 1. The minimum atomic E-state index is -0.499. The first-order valence-electron chi connectivity index (χ1n) is 10.5. The third-order valence-corrected chi connectivity index (χ3v) is 5.75. The molecule has 2 aliphatic heterocycles. The van der Waals surface area contributed by atoms with E-state index in [0.717, 1.165) is 0 Å². The number of anilines is 1. The summed E-state index contributed by atoms with van der Waals surface area (Å²) in [6, 6.07) is 7.38. The molecule has 30 heavy (non-hydrogen) atoms. The van der Waals surface area contributed by atoms with Gasteiger partial charge >= 0.3 is 6.03 Å².